The average molecular weight is 380 g/mol. The molecular formula is C22H18ClNOS. The first-order valence-electron chi connectivity index (χ1n) is 8.46. The van der Waals surface area contributed by atoms with E-state index in [1.54, 1.807) is 7.11 Å². The van der Waals surface area contributed by atoms with Gasteiger partial charge < -0.3 is 4.74 Å². The van der Waals surface area contributed by atoms with Crippen LogP contribution in [0.5, 0.6) is 5.75 Å². The molecule has 4 heteroatoms. The Balaban J connectivity index is 1.79. The maximum absolute atomic E-state index is 6.50. The summed E-state index contributed by atoms with van der Waals surface area (Å²) in [6, 6.07) is 24.5. The summed E-state index contributed by atoms with van der Waals surface area (Å²) in [5.41, 5.74) is 4.34. The van der Waals surface area contributed by atoms with E-state index in [-0.39, 0.29) is 5.25 Å². The highest BCUT2D eigenvalue weighted by Crippen LogP contribution is 2.47. The zero-order valence-corrected chi connectivity index (χ0v) is 15.9. The van der Waals surface area contributed by atoms with E-state index >= 15 is 0 Å². The lowest BCUT2D eigenvalue weighted by molar-refractivity contribution is 0.415. The molecule has 0 aliphatic carbocycles. The van der Waals surface area contributed by atoms with Gasteiger partial charge in [0.2, 0.25) is 0 Å². The minimum Gasteiger partial charge on any atom is -0.497 e. The minimum absolute atomic E-state index is 0.216. The van der Waals surface area contributed by atoms with E-state index in [0.717, 1.165) is 39.7 Å². The van der Waals surface area contributed by atoms with Crippen LogP contribution in [-0.2, 0) is 0 Å². The number of fused-ring (bicyclic) bond motifs is 1. The summed E-state index contributed by atoms with van der Waals surface area (Å²) >= 11 is 8.33. The van der Waals surface area contributed by atoms with Crippen molar-refractivity contribution in [3.05, 3.63) is 88.9 Å². The Labute approximate surface area is 162 Å². The Morgan fingerprint density at radius 3 is 2.46 bits per heavy atom. The fraction of sp³-hybridized carbons (Fsp3) is 0.136. The van der Waals surface area contributed by atoms with Gasteiger partial charge in [-0.05, 0) is 53.6 Å². The summed E-state index contributed by atoms with van der Waals surface area (Å²) in [7, 11) is 1.68. The lowest BCUT2D eigenvalue weighted by atomic mass is 10.0. The topological polar surface area (TPSA) is 21.6 Å². The SMILES string of the molecule is COc1ccc(C2=Nc3ccccc3S[C@H](c3ccccc3Cl)C2)cc1. The molecule has 0 bridgehead atoms. The molecule has 26 heavy (non-hydrogen) atoms. The van der Waals surface area contributed by atoms with Crippen LogP contribution in [-0.4, -0.2) is 12.8 Å². The summed E-state index contributed by atoms with van der Waals surface area (Å²) < 4.78 is 5.28. The Kier molecular flexibility index (Phi) is 5.00. The summed E-state index contributed by atoms with van der Waals surface area (Å²) in [6.07, 6.45) is 0.815. The number of para-hydroxylation sites is 1. The maximum atomic E-state index is 6.50. The van der Waals surface area contributed by atoms with Crippen molar-refractivity contribution in [2.24, 2.45) is 4.99 Å². The van der Waals surface area contributed by atoms with Crippen molar-refractivity contribution >= 4 is 34.8 Å². The highest BCUT2D eigenvalue weighted by atomic mass is 35.5. The molecule has 0 N–H and O–H groups in total. The summed E-state index contributed by atoms with van der Waals surface area (Å²) in [5.74, 6) is 0.848. The second-order valence-electron chi connectivity index (χ2n) is 6.09. The van der Waals surface area contributed by atoms with Crippen LogP contribution in [0, 0.1) is 0 Å². The molecular weight excluding hydrogens is 362 g/mol. The van der Waals surface area contributed by atoms with Crippen LogP contribution in [0.3, 0.4) is 0 Å². The second-order valence-corrected chi connectivity index (χ2v) is 7.74. The van der Waals surface area contributed by atoms with Gasteiger partial charge in [-0.2, -0.15) is 0 Å². The average Bonchev–Trinajstić information content (AvgIpc) is 2.88. The Morgan fingerprint density at radius 2 is 1.69 bits per heavy atom. The van der Waals surface area contributed by atoms with Crippen molar-refractivity contribution in [1.82, 2.24) is 0 Å². The molecule has 0 aromatic heterocycles. The standard InChI is InChI=1S/C22H18ClNOS/c1-25-16-12-10-15(11-13-16)20-14-22(17-6-2-3-7-18(17)23)26-21-9-5-4-8-19(21)24-20/h2-13,22H,14H2,1H3/t22-/m0/s1. The van der Waals surface area contributed by atoms with Gasteiger partial charge in [0.05, 0.1) is 12.8 Å². The van der Waals surface area contributed by atoms with E-state index in [1.165, 1.54) is 4.90 Å². The zero-order valence-electron chi connectivity index (χ0n) is 14.4. The number of rotatable bonds is 3. The number of methoxy groups -OCH3 is 1. The van der Waals surface area contributed by atoms with E-state index in [9.17, 15) is 0 Å². The van der Waals surface area contributed by atoms with Crippen LogP contribution in [0.15, 0.2) is 82.7 Å². The number of hydrogen-bond acceptors (Lipinski definition) is 3. The molecule has 0 saturated carbocycles. The molecule has 1 aliphatic heterocycles. The van der Waals surface area contributed by atoms with Gasteiger partial charge in [0.1, 0.15) is 5.75 Å². The van der Waals surface area contributed by atoms with Crippen molar-refractivity contribution in [3.63, 3.8) is 0 Å². The van der Waals surface area contributed by atoms with Crippen molar-refractivity contribution in [1.29, 1.82) is 0 Å². The van der Waals surface area contributed by atoms with Crippen LogP contribution in [0.2, 0.25) is 5.02 Å². The van der Waals surface area contributed by atoms with Crippen molar-refractivity contribution in [3.8, 4) is 5.75 Å². The van der Waals surface area contributed by atoms with Gasteiger partial charge >= 0.3 is 0 Å². The molecule has 0 saturated heterocycles. The van der Waals surface area contributed by atoms with Crippen LogP contribution >= 0.6 is 23.4 Å². The van der Waals surface area contributed by atoms with Gasteiger partial charge in [-0.25, -0.2) is 0 Å². The first-order chi connectivity index (χ1) is 12.7. The number of thioether (sulfide) groups is 1. The maximum Gasteiger partial charge on any atom is 0.118 e. The highest BCUT2D eigenvalue weighted by Gasteiger charge is 2.23. The van der Waals surface area contributed by atoms with E-state index < -0.39 is 0 Å². The molecule has 0 amide bonds. The van der Waals surface area contributed by atoms with Crippen LogP contribution in [0.25, 0.3) is 0 Å². The molecule has 1 atom stereocenters. The largest absolute Gasteiger partial charge is 0.497 e. The molecule has 130 valence electrons. The normalized spacial score (nSPS) is 16.4. The molecule has 0 spiro atoms. The number of ether oxygens (including phenoxy) is 1. The number of nitrogens with zero attached hydrogens (tertiary/aromatic N) is 1. The third-order valence-electron chi connectivity index (χ3n) is 4.44. The Bertz CT molecular complexity index is 952. The quantitative estimate of drug-likeness (QED) is 0.504. The van der Waals surface area contributed by atoms with Crippen molar-refractivity contribution in [2.45, 2.75) is 16.6 Å². The predicted molar refractivity (Wildman–Crippen MR) is 110 cm³/mol. The summed E-state index contributed by atoms with van der Waals surface area (Å²) in [6.45, 7) is 0. The first-order valence-corrected chi connectivity index (χ1v) is 9.72. The van der Waals surface area contributed by atoms with E-state index in [4.69, 9.17) is 21.3 Å². The molecule has 0 unspecified atom stereocenters. The monoisotopic (exact) mass is 379 g/mol. The first kappa shape index (κ1) is 17.2. The smallest absolute Gasteiger partial charge is 0.118 e. The summed E-state index contributed by atoms with van der Waals surface area (Å²) in [5, 5.41) is 1.02. The van der Waals surface area contributed by atoms with Gasteiger partial charge in [0.15, 0.2) is 0 Å². The number of benzene rings is 3. The Morgan fingerprint density at radius 1 is 0.962 bits per heavy atom. The van der Waals surface area contributed by atoms with Crippen LogP contribution < -0.4 is 4.74 Å². The number of hydrogen-bond donors (Lipinski definition) is 0. The zero-order chi connectivity index (χ0) is 17.9. The molecule has 0 fully saturated rings. The highest BCUT2D eigenvalue weighted by molar-refractivity contribution is 7.99. The fourth-order valence-corrected chi connectivity index (χ4v) is 4.69. The van der Waals surface area contributed by atoms with Crippen molar-refractivity contribution < 1.29 is 4.74 Å². The molecule has 3 aromatic rings. The molecule has 1 aliphatic rings. The van der Waals surface area contributed by atoms with Gasteiger partial charge in [0.25, 0.3) is 0 Å². The summed E-state index contributed by atoms with van der Waals surface area (Å²) in [4.78, 5) is 6.16. The van der Waals surface area contributed by atoms with E-state index in [0.29, 0.717) is 0 Å². The number of aliphatic imine (C=N–C) groups is 1. The van der Waals surface area contributed by atoms with Gasteiger partial charge in [-0.3, -0.25) is 4.99 Å². The molecule has 1 heterocycles. The van der Waals surface area contributed by atoms with Gasteiger partial charge in [0, 0.05) is 27.3 Å². The van der Waals surface area contributed by atoms with E-state index in [2.05, 4.69) is 36.4 Å². The van der Waals surface area contributed by atoms with Crippen LogP contribution in [0.4, 0.5) is 5.69 Å². The number of halogens is 1. The lowest BCUT2D eigenvalue weighted by Crippen LogP contribution is -2.06. The second kappa shape index (κ2) is 7.56. The van der Waals surface area contributed by atoms with E-state index in [1.807, 2.05) is 48.2 Å². The van der Waals surface area contributed by atoms with Crippen LogP contribution in [0.1, 0.15) is 22.8 Å². The third kappa shape index (κ3) is 3.50. The van der Waals surface area contributed by atoms with Gasteiger partial charge in [-0.15, -0.1) is 11.8 Å². The predicted octanol–water partition coefficient (Wildman–Crippen LogP) is 6.71. The minimum atomic E-state index is 0.216. The molecule has 3 aromatic carbocycles. The molecule has 2 nitrogen and oxygen atoms in total. The molecule has 0 radical (unpaired) electrons. The van der Waals surface area contributed by atoms with Crippen molar-refractivity contribution in [2.75, 3.05) is 7.11 Å². The molecule has 4 rings (SSSR count). The lowest BCUT2D eigenvalue weighted by Gasteiger charge is -2.17. The Hall–Kier alpha value is -2.23. The van der Waals surface area contributed by atoms with Gasteiger partial charge in [-0.1, -0.05) is 41.9 Å². The fourth-order valence-electron chi connectivity index (χ4n) is 3.09. The third-order valence-corrected chi connectivity index (χ3v) is 6.09.